The molecule has 1 aromatic carbocycles. The summed E-state index contributed by atoms with van der Waals surface area (Å²) in [5.41, 5.74) is 12.0. The van der Waals surface area contributed by atoms with E-state index in [1.165, 1.54) is 0 Å². The van der Waals surface area contributed by atoms with Crippen LogP contribution in [0.2, 0.25) is 0 Å². The van der Waals surface area contributed by atoms with E-state index >= 15 is 0 Å². The first kappa shape index (κ1) is 22.3. The lowest BCUT2D eigenvalue weighted by molar-refractivity contribution is -0.117. The van der Waals surface area contributed by atoms with E-state index in [4.69, 9.17) is 5.73 Å². The first-order valence-corrected chi connectivity index (χ1v) is 11.2. The summed E-state index contributed by atoms with van der Waals surface area (Å²) in [5, 5.41) is 2.74. The van der Waals surface area contributed by atoms with Crippen molar-refractivity contribution in [3.63, 3.8) is 0 Å². The van der Waals surface area contributed by atoms with Crippen LogP contribution in [0.3, 0.4) is 0 Å². The molecule has 5 rings (SSSR count). The number of hydrogen-bond donors (Lipinski definition) is 2. The van der Waals surface area contributed by atoms with Gasteiger partial charge in [0.15, 0.2) is 0 Å². The highest BCUT2D eigenvalue weighted by Gasteiger charge is 2.24. The fraction of sp³-hybridized carbons (Fsp3) is 0.185. The number of hydrogen-bond acceptors (Lipinski definition) is 5. The highest BCUT2D eigenvalue weighted by molar-refractivity contribution is 5.98. The molecule has 0 spiro atoms. The second-order valence-corrected chi connectivity index (χ2v) is 8.63. The number of fused-ring (bicyclic) bond motifs is 2. The maximum absolute atomic E-state index is 12.2. The third-order valence-electron chi connectivity index (χ3n) is 5.93. The lowest BCUT2D eigenvalue weighted by atomic mass is 10.1. The lowest BCUT2D eigenvalue weighted by Gasteiger charge is -2.10. The van der Waals surface area contributed by atoms with Crippen LogP contribution in [0.15, 0.2) is 54.7 Å². The Labute approximate surface area is 202 Å². The molecule has 2 amide bonds. The monoisotopic (exact) mass is 464 g/mol. The van der Waals surface area contributed by atoms with Crippen molar-refractivity contribution in [2.75, 3.05) is 12.4 Å². The van der Waals surface area contributed by atoms with Crippen LogP contribution in [0.1, 0.15) is 39.8 Å². The maximum Gasteiger partial charge on any atom is 0.254 e. The predicted octanol–water partition coefficient (Wildman–Crippen LogP) is 2.98. The van der Waals surface area contributed by atoms with Gasteiger partial charge in [0.05, 0.1) is 17.4 Å². The molecule has 1 aliphatic rings. The van der Waals surface area contributed by atoms with Crippen LogP contribution in [-0.2, 0) is 11.3 Å². The number of pyridine rings is 2. The fourth-order valence-electron chi connectivity index (χ4n) is 4.17. The molecule has 4 aromatic rings. The van der Waals surface area contributed by atoms with Crippen LogP contribution < -0.4 is 11.1 Å². The number of anilines is 1. The van der Waals surface area contributed by atoms with Crippen LogP contribution in [-0.4, -0.2) is 44.2 Å². The van der Waals surface area contributed by atoms with Gasteiger partial charge in [0.2, 0.25) is 5.91 Å². The normalized spacial score (nSPS) is 13.4. The Balaban J connectivity index is 1.61. The van der Waals surface area contributed by atoms with Gasteiger partial charge in [-0.15, -0.1) is 0 Å². The van der Waals surface area contributed by atoms with Crippen molar-refractivity contribution in [1.82, 2.24) is 19.3 Å². The van der Waals surface area contributed by atoms with Crippen molar-refractivity contribution in [2.24, 2.45) is 5.73 Å². The summed E-state index contributed by atoms with van der Waals surface area (Å²) in [6, 6.07) is 14.4. The molecule has 0 radical (unpaired) electrons. The van der Waals surface area contributed by atoms with Crippen molar-refractivity contribution in [1.29, 1.82) is 0 Å². The van der Waals surface area contributed by atoms with Crippen molar-refractivity contribution >= 4 is 23.3 Å². The van der Waals surface area contributed by atoms with Crippen molar-refractivity contribution < 1.29 is 9.59 Å². The minimum Gasteiger partial charge on any atom is -0.337 e. The summed E-state index contributed by atoms with van der Waals surface area (Å²) in [4.78, 5) is 35.3. The Morgan fingerprint density at radius 3 is 2.71 bits per heavy atom. The van der Waals surface area contributed by atoms with E-state index in [0.29, 0.717) is 23.6 Å². The number of nitrogens with one attached hydrogen (secondary N) is 1. The quantitative estimate of drug-likeness (QED) is 0.454. The molecule has 0 aliphatic carbocycles. The number of amides is 2. The number of nitrogens with zero attached hydrogens (tertiary/aromatic N) is 4. The first-order chi connectivity index (χ1) is 16.8. The van der Waals surface area contributed by atoms with Gasteiger partial charge in [-0.3, -0.25) is 14.0 Å². The van der Waals surface area contributed by atoms with Gasteiger partial charge in [-0.2, -0.15) is 0 Å². The molecule has 3 N–H and O–H groups in total. The van der Waals surface area contributed by atoms with E-state index in [9.17, 15) is 9.59 Å². The van der Waals surface area contributed by atoms with Gasteiger partial charge in [-0.1, -0.05) is 12.0 Å². The smallest absolute Gasteiger partial charge is 0.254 e. The van der Waals surface area contributed by atoms with E-state index in [-0.39, 0.29) is 11.8 Å². The van der Waals surface area contributed by atoms with Gasteiger partial charge >= 0.3 is 0 Å². The zero-order chi connectivity index (χ0) is 24.7. The van der Waals surface area contributed by atoms with E-state index in [1.807, 2.05) is 60.0 Å². The summed E-state index contributed by atoms with van der Waals surface area (Å²) in [6.45, 7) is 4.12. The van der Waals surface area contributed by atoms with Crippen LogP contribution in [0.25, 0.3) is 16.9 Å². The molecular weight excluding hydrogens is 440 g/mol. The molecule has 4 heterocycles. The van der Waals surface area contributed by atoms with E-state index < -0.39 is 6.04 Å². The molecule has 1 atom stereocenters. The SMILES string of the molecule is Cc1nc2ccccn2c1-c1ccc(NC(=O)C(C)N)nc1C#Cc1ccc2c(c1)CN(C)C2=O. The summed E-state index contributed by atoms with van der Waals surface area (Å²) in [5.74, 6) is 6.42. The number of carbonyl (C=O) groups is 2. The van der Waals surface area contributed by atoms with Crippen LogP contribution in [0, 0.1) is 18.8 Å². The predicted molar refractivity (Wildman–Crippen MR) is 134 cm³/mol. The third kappa shape index (κ3) is 4.14. The molecule has 0 saturated carbocycles. The molecular formula is C27H24N6O2. The zero-order valence-electron chi connectivity index (χ0n) is 19.7. The number of benzene rings is 1. The van der Waals surface area contributed by atoms with E-state index in [1.54, 1.807) is 24.9 Å². The standard InChI is InChI=1S/C27H24N6O2/c1-16(28)26(34)31-23-12-10-21(25-17(2)29-24-6-4-5-13-33(24)25)22(30-23)11-8-18-7-9-20-19(14-18)15-32(3)27(20)35/h4-7,9-10,12-14,16H,15,28H2,1-3H3,(H,30,31,34). The molecule has 1 aliphatic heterocycles. The molecule has 8 nitrogen and oxygen atoms in total. The van der Waals surface area contributed by atoms with Crippen LogP contribution in [0.4, 0.5) is 5.82 Å². The highest BCUT2D eigenvalue weighted by atomic mass is 16.2. The number of aromatic nitrogens is 3. The molecule has 0 fully saturated rings. The maximum atomic E-state index is 12.2. The molecule has 1 unspecified atom stereocenters. The van der Waals surface area contributed by atoms with Gasteiger partial charge in [-0.25, -0.2) is 9.97 Å². The van der Waals surface area contributed by atoms with Crippen LogP contribution >= 0.6 is 0 Å². The molecule has 174 valence electrons. The molecule has 3 aromatic heterocycles. The van der Waals surface area contributed by atoms with E-state index in [2.05, 4.69) is 27.1 Å². The second-order valence-electron chi connectivity index (χ2n) is 8.63. The highest BCUT2D eigenvalue weighted by Crippen LogP contribution is 2.28. The van der Waals surface area contributed by atoms with Gasteiger partial charge in [0, 0.05) is 36.5 Å². The number of rotatable bonds is 3. The summed E-state index contributed by atoms with van der Waals surface area (Å²) < 4.78 is 1.99. The Bertz CT molecular complexity index is 1560. The summed E-state index contributed by atoms with van der Waals surface area (Å²) in [7, 11) is 1.78. The Hall–Kier alpha value is -4.48. The molecule has 0 bridgehead atoms. The summed E-state index contributed by atoms with van der Waals surface area (Å²) in [6.07, 6.45) is 1.95. The van der Waals surface area contributed by atoms with Gasteiger partial charge in [-0.05, 0) is 67.8 Å². The van der Waals surface area contributed by atoms with Crippen LogP contribution in [0.5, 0.6) is 0 Å². The first-order valence-electron chi connectivity index (χ1n) is 11.2. The van der Waals surface area contributed by atoms with Gasteiger partial charge in [0.1, 0.15) is 17.2 Å². The zero-order valence-corrected chi connectivity index (χ0v) is 19.7. The number of carbonyl (C=O) groups excluding carboxylic acids is 2. The minimum absolute atomic E-state index is 0.0177. The van der Waals surface area contributed by atoms with Crippen molar-refractivity contribution in [2.45, 2.75) is 26.4 Å². The minimum atomic E-state index is -0.667. The molecule has 8 heteroatoms. The average molecular weight is 465 g/mol. The second kappa shape index (κ2) is 8.70. The van der Waals surface area contributed by atoms with Gasteiger partial charge < -0.3 is 16.0 Å². The van der Waals surface area contributed by atoms with Crippen molar-refractivity contribution in [3.05, 3.63) is 82.8 Å². The lowest BCUT2D eigenvalue weighted by Crippen LogP contribution is -2.32. The number of aryl methyl sites for hydroxylation is 1. The molecule has 35 heavy (non-hydrogen) atoms. The summed E-state index contributed by atoms with van der Waals surface area (Å²) >= 11 is 0. The Morgan fingerprint density at radius 1 is 1.11 bits per heavy atom. The average Bonchev–Trinajstić information content (AvgIpc) is 3.32. The topological polar surface area (TPSA) is 106 Å². The Kier molecular flexibility index (Phi) is 5.55. The largest absolute Gasteiger partial charge is 0.337 e. The fourth-order valence-corrected chi connectivity index (χ4v) is 4.17. The Morgan fingerprint density at radius 2 is 1.91 bits per heavy atom. The third-order valence-corrected chi connectivity index (χ3v) is 5.93. The van der Waals surface area contributed by atoms with Crippen molar-refractivity contribution in [3.8, 4) is 23.1 Å². The van der Waals surface area contributed by atoms with Gasteiger partial charge in [0.25, 0.3) is 5.91 Å². The van der Waals surface area contributed by atoms with E-state index in [0.717, 1.165) is 33.7 Å². The number of nitrogens with two attached hydrogens (primary N) is 1. The molecule has 0 saturated heterocycles. The number of imidazole rings is 1.